The first kappa shape index (κ1) is 23.7. The Morgan fingerprint density at radius 2 is 1.94 bits per heavy atom. The molecule has 10 heteroatoms. The average Bonchev–Trinajstić information content (AvgIpc) is 3.33. The lowest BCUT2D eigenvalue weighted by atomic mass is 10.1. The van der Waals surface area contributed by atoms with E-state index in [1.165, 1.54) is 18.3 Å². The summed E-state index contributed by atoms with van der Waals surface area (Å²) in [5.41, 5.74) is 4.76. The largest absolute Gasteiger partial charge is 0.379 e. The topological polar surface area (TPSA) is 91.5 Å². The molecule has 0 aliphatic carbocycles. The molecule has 7 nitrogen and oxygen atoms in total. The van der Waals surface area contributed by atoms with E-state index in [-0.39, 0.29) is 5.02 Å². The molecule has 36 heavy (non-hydrogen) atoms. The number of nitrogens with one attached hydrogen (secondary N) is 2. The predicted octanol–water partition coefficient (Wildman–Crippen LogP) is 6.66. The Kier molecular flexibility index (Phi) is 6.80. The monoisotopic (exact) mass is 561 g/mol. The number of nitrogens with zero attached hydrogens (tertiary/aromatic N) is 5. The highest BCUT2D eigenvalue weighted by atomic mass is 79.9. The molecule has 0 fully saturated rings. The maximum atomic E-state index is 13.6. The second-order valence-electron chi connectivity index (χ2n) is 7.98. The maximum Gasteiger partial charge on any atom is 0.141 e. The molecule has 0 spiro atoms. The molecule has 178 valence electrons. The first-order valence-corrected chi connectivity index (χ1v) is 12.1. The molecule has 0 aliphatic rings. The van der Waals surface area contributed by atoms with Crippen molar-refractivity contribution in [3.63, 3.8) is 0 Å². The summed E-state index contributed by atoms with van der Waals surface area (Å²) >= 11 is 9.54. The summed E-state index contributed by atoms with van der Waals surface area (Å²) in [5.74, 6) is -0.515. The van der Waals surface area contributed by atoms with E-state index in [4.69, 9.17) is 11.6 Å². The molecule has 0 atom stereocenters. The zero-order valence-electron chi connectivity index (χ0n) is 18.7. The zero-order valence-corrected chi connectivity index (χ0v) is 21.1. The number of imidazole rings is 1. The molecular weight excluding hydrogens is 545 g/mol. The van der Waals surface area contributed by atoms with Gasteiger partial charge < -0.3 is 15.2 Å². The van der Waals surface area contributed by atoms with E-state index < -0.39 is 5.82 Å². The van der Waals surface area contributed by atoms with Gasteiger partial charge in [0.2, 0.25) is 0 Å². The van der Waals surface area contributed by atoms with Gasteiger partial charge in [0.25, 0.3) is 0 Å². The zero-order chi connectivity index (χ0) is 25.1. The Morgan fingerprint density at radius 1 is 1.06 bits per heavy atom. The molecule has 0 aliphatic heterocycles. The maximum absolute atomic E-state index is 13.6. The summed E-state index contributed by atoms with van der Waals surface area (Å²) in [5, 5.41) is 17.0. The second kappa shape index (κ2) is 10.3. The fourth-order valence-corrected chi connectivity index (χ4v) is 4.50. The van der Waals surface area contributed by atoms with E-state index in [9.17, 15) is 9.65 Å². The lowest BCUT2D eigenvalue weighted by Gasteiger charge is -2.14. The van der Waals surface area contributed by atoms with Crippen LogP contribution in [0, 0.1) is 17.1 Å². The summed E-state index contributed by atoms with van der Waals surface area (Å²) in [6.07, 6.45) is 7.02. The standard InChI is InChI=1S/C26H18BrClFN7/c27-22-8-19(32-12-20-14-36(15-34-20)13-18-3-1-2-6-31-18)7-21-25(16(10-30)11-33-26(21)22)35-17-4-5-24(29)23(28)9-17/h1-9,11,14-15,32H,12-13H2,(H,33,35). The van der Waals surface area contributed by atoms with Crippen molar-refractivity contribution >= 4 is 55.5 Å². The Balaban J connectivity index is 1.41. The second-order valence-corrected chi connectivity index (χ2v) is 9.24. The summed E-state index contributed by atoms with van der Waals surface area (Å²) in [6.45, 7) is 1.13. The average molecular weight is 563 g/mol. The number of pyridine rings is 2. The first-order valence-electron chi connectivity index (χ1n) is 10.9. The van der Waals surface area contributed by atoms with Gasteiger partial charge in [0.05, 0.1) is 52.6 Å². The molecule has 0 bridgehead atoms. The quantitative estimate of drug-likeness (QED) is 0.231. The Morgan fingerprint density at radius 3 is 2.72 bits per heavy atom. The number of hydrogen-bond donors (Lipinski definition) is 2. The van der Waals surface area contributed by atoms with Gasteiger partial charge in [-0.05, 0) is 58.4 Å². The lowest BCUT2D eigenvalue weighted by molar-refractivity contribution is 0.628. The fraction of sp³-hybridized carbons (Fsp3) is 0.0769. The van der Waals surface area contributed by atoms with Gasteiger partial charge in [-0.2, -0.15) is 5.26 Å². The van der Waals surface area contributed by atoms with Crippen molar-refractivity contribution in [3.05, 3.63) is 106 Å². The third-order valence-electron chi connectivity index (χ3n) is 5.47. The van der Waals surface area contributed by atoms with Crippen molar-refractivity contribution in [2.24, 2.45) is 0 Å². The van der Waals surface area contributed by atoms with Crippen LogP contribution >= 0.6 is 27.5 Å². The molecule has 3 heterocycles. The summed E-state index contributed by atoms with van der Waals surface area (Å²) in [4.78, 5) is 13.3. The van der Waals surface area contributed by atoms with Crippen LogP contribution in [0.25, 0.3) is 10.9 Å². The van der Waals surface area contributed by atoms with Gasteiger partial charge in [0.15, 0.2) is 0 Å². The van der Waals surface area contributed by atoms with E-state index in [0.29, 0.717) is 40.9 Å². The van der Waals surface area contributed by atoms with Crippen LogP contribution < -0.4 is 10.6 Å². The molecule has 0 unspecified atom stereocenters. The van der Waals surface area contributed by atoms with Crippen LogP contribution in [0.1, 0.15) is 17.0 Å². The SMILES string of the molecule is N#Cc1cnc2c(Br)cc(NCc3cn(Cc4ccccn4)cn3)cc2c1Nc1ccc(F)c(Cl)c1. The summed E-state index contributed by atoms with van der Waals surface area (Å²) in [7, 11) is 0. The van der Waals surface area contributed by atoms with Crippen molar-refractivity contribution in [2.45, 2.75) is 13.1 Å². The van der Waals surface area contributed by atoms with Gasteiger partial charge in [-0.1, -0.05) is 17.7 Å². The summed E-state index contributed by atoms with van der Waals surface area (Å²) < 4.78 is 16.4. The molecule has 5 aromatic rings. The van der Waals surface area contributed by atoms with Gasteiger partial charge in [-0.3, -0.25) is 9.97 Å². The molecule has 3 aromatic heterocycles. The summed E-state index contributed by atoms with van der Waals surface area (Å²) in [6, 6.07) is 16.1. The van der Waals surface area contributed by atoms with Crippen LogP contribution in [0.2, 0.25) is 5.02 Å². The van der Waals surface area contributed by atoms with Gasteiger partial charge in [0.1, 0.15) is 11.9 Å². The van der Waals surface area contributed by atoms with Crippen LogP contribution in [-0.4, -0.2) is 19.5 Å². The highest BCUT2D eigenvalue weighted by molar-refractivity contribution is 9.10. The normalized spacial score (nSPS) is 10.8. The molecule has 2 N–H and O–H groups in total. The molecule has 0 radical (unpaired) electrons. The molecular formula is C26H18BrClFN7. The Bertz CT molecular complexity index is 1600. The van der Waals surface area contributed by atoms with Crippen molar-refractivity contribution in [1.29, 1.82) is 5.26 Å². The van der Waals surface area contributed by atoms with Crippen LogP contribution in [-0.2, 0) is 13.1 Å². The first-order chi connectivity index (χ1) is 17.5. The Labute approximate surface area is 219 Å². The molecule has 0 saturated carbocycles. The third-order valence-corrected chi connectivity index (χ3v) is 6.36. The number of anilines is 3. The number of hydrogen-bond acceptors (Lipinski definition) is 6. The van der Waals surface area contributed by atoms with Gasteiger partial charge in [-0.15, -0.1) is 0 Å². The van der Waals surface area contributed by atoms with Gasteiger partial charge in [-0.25, -0.2) is 9.37 Å². The van der Waals surface area contributed by atoms with Crippen molar-refractivity contribution in [2.75, 3.05) is 10.6 Å². The fourth-order valence-electron chi connectivity index (χ4n) is 3.75. The van der Waals surface area contributed by atoms with Crippen LogP contribution in [0.3, 0.4) is 0 Å². The minimum absolute atomic E-state index is 0.0112. The van der Waals surface area contributed by atoms with E-state index in [1.807, 2.05) is 41.1 Å². The van der Waals surface area contributed by atoms with Crippen LogP contribution in [0.5, 0.6) is 0 Å². The molecule has 0 amide bonds. The van der Waals surface area contributed by atoms with Crippen molar-refractivity contribution < 1.29 is 4.39 Å². The minimum Gasteiger partial charge on any atom is -0.379 e. The van der Waals surface area contributed by atoms with Crippen LogP contribution in [0.4, 0.5) is 21.5 Å². The highest BCUT2D eigenvalue weighted by Gasteiger charge is 2.14. The smallest absolute Gasteiger partial charge is 0.141 e. The number of fused-ring (bicyclic) bond motifs is 1. The van der Waals surface area contributed by atoms with E-state index >= 15 is 0 Å². The van der Waals surface area contributed by atoms with E-state index in [0.717, 1.165) is 21.5 Å². The molecule has 0 saturated heterocycles. The van der Waals surface area contributed by atoms with Crippen molar-refractivity contribution in [1.82, 2.24) is 19.5 Å². The number of benzene rings is 2. The van der Waals surface area contributed by atoms with Crippen molar-refractivity contribution in [3.8, 4) is 6.07 Å². The van der Waals surface area contributed by atoms with Gasteiger partial charge in [0, 0.05) is 39.8 Å². The number of halogens is 3. The Hall–Kier alpha value is -4.00. The predicted molar refractivity (Wildman–Crippen MR) is 142 cm³/mol. The van der Waals surface area contributed by atoms with E-state index in [1.54, 1.807) is 18.6 Å². The number of rotatable bonds is 7. The molecule has 2 aromatic carbocycles. The highest BCUT2D eigenvalue weighted by Crippen LogP contribution is 2.35. The minimum atomic E-state index is -0.515. The lowest BCUT2D eigenvalue weighted by Crippen LogP contribution is -2.02. The number of aromatic nitrogens is 4. The molecule has 5 rings (SSSR count). The number of nitriles is 1. The van der Waals surface area contributed by atoms with E-state index in [2.05, 4.69) is 47.6 Å². The van der Waals surface area contributed by atoms with Gasteiger partial charge >= 0.3 is 0 Å². The van der Waals surface area contributed by atoms with Crippen LogP contribution in [0.15, 0.2) is 77.9 Å². The third kappa shape index (κ3) is 5.15.